The summed E-state index contributed by atoms with van der Waals surface area (Å²) in [6.45, 7) is 0. The van der Waals surface area contributed by atoms with E-state index < -0.39 is 10.9 Å². The highest BCUT2D eigenvalue weighted by Gasteiger charge is 2.17. The monoisotopic (exact) mass is 309 g/mol. The van der Waals surface area contributed by atoms with Gasteiger partial charge < -0.3 is 5.11 Å². The molecule has 0 fully saturated rings. The van der Waals surface area contributed by atoms with Crippen molar-refractivity contribution in [3.63, 3.8) is 0 Å². The Kier molecular flexibility index (Phi) is 3.60. The lowest BCUT2D eigenvalue weighted by Gasteiger charge is -2.03. The van der Waals surface area contributed by atoms with Crippen LogP contribution in [0.3, 0.4) is 0 Å². The molecule has 0 radical (unpaired) electrons. The minimum Gasteiger partial charge on any atom is -0.477 e. The predicted octanol–water partition coefficient (Wildman–Crippen LogP) is 3.15. The van der Waals surface area contributed by atoms with Gasteiger partial charge in [0, 0.05) is 17.7 Å². The van der Waals surface area contributed by atoms with Gasteiger partial charge in [-0.3, -0.25) is 10.1 Å². The summed E-state index contributed by atoms with van der Waals surface area (Å²) in [5.74, 6) is -1.13. The topological polar surface area (TPSA) is 98.3 Å². The minimum atomic E-state index is -1.13. The molecule has 1 heterocycles. The standard InChI is InChI=1S/C16H11N3O4/c20-16(21)15-10-14(11-5-4-8-13(9-11)19(22)23)17-18(15)12-6-2-1-3-7-12/h1-10H,(H,20,21). The highest BCUT2D eigenvalue weighted by Crippen LogP contribution is 2.25. The quantitative estimate of drug-likeness (QED) is 0.589. The van der Waals surface area contributed by atoms with Crippen LogP contribution in [0.25, 0.3) is 16.9 Å². The molecule has 114 valence electrons. The van der Waals surface area contributed by atoms with E-state index in [-0.39, 0.29) is 11.4 Å². The van der Waals surface area contributed by atoms with Crippen LogP contribution in [0.15, 0.2) is 60.7 Å². The van der Waals surface area contributed by atoms with Gasteiger partial charge in [-0.05, 0) is 18.2 Å². The van der Waals surface area contributed by atoms with E-state index in [9.17, 15) is 20.0 Å². The lowest BCUT2D eigenvalue weighted by Crippen LogP contribution is -2.07. The maximum absolute atomic E-state index is 11.4. The number of nitro groups is 1. The van der Waals surface area contributed by atoms with Crippen LogP contribution in [0, 0.1) is 10.1 Å². The van der Waals surface area contributed by atoms with Crippen LogP contribution in [-0.2, 0) is 0 Å². The van der Waals surface area contributed by atoms with Crippen molar-refractivity contribution < 1.29 is 14.8 Å². The molecule has 1 N–H and O–H groups in total. The average Bonchev–Trinajstić information content (AvgIpc) is 3.01. The van der Waals surface area contributed by atoms with E-state index in [0.717, 1.165) is 0 Å². The molecule has 0 saturated carbocycles. The van der Waals surface area contributed by atoms with E-state index in [1.165, 1.54) is 28.9 Å². The molecule has 7 nitrogen and oxygen atoms in total. The van der Waals surface area contributed by atoms with Crippen molar-refractivity contribution in [2.24, 2.45) is 0 Å². The molecule has 0 unspecified atom stereocenters. The van der Waals surface area contributed by atoms with Gasteiger partial charge in [-0.1, -0.05) is 30.3 Å². The third kappa shape index (κ3) is 2.80. The van der Waals surface area contributed by atoms with Crippen molar-refractivity contribution in [1.29, 1.82) is 0 Å². The molecule has 7 heteroatoms. The summed E-state index contributed by atoms with van der Waals surface area (Å²) in [6.07, 6.45) is 0. The summed E-state index contributed by atoms with van der Waals surface area (Å²) in [5.41, 5.74) is 1.35. The number of carboxylic acid groups (broad SMARTS) is 1. The van der Waals surface area contributed by atoms with Crippen molar-refractivity contribution in [3.05, 3.63) is 76.5 Å². The SMILES string of the molecule is O=C(O)c1cc(-c2cccc([N+](=O)[O-])c2)nn1-c1ccccc1. The van der Waals surface area contributed by atoms with Crippen molar-refractivity contribution in [1.82, 2.24) is 9.78 Å². The number of rotatable bonds is 4. The Hall–Kier alpha value is -3.48. The summed E-state index contributed by atoms with van der Waals surface area (Å²) in [7, 11) is 0. The fourth-order valence-electron chi connectivity index (χ4n) is 2.22. The molecule has 0 amide bonds. The molecule has 0 aliphatic heterocycles. The second kappa shape index (κ2) is 5.72. The first kappa shape index (κ1) is 14.5. The Bertz CT molecular complexity index is 887. The Labute approximate surface area is 130 Å². The summed E-state index contributed by atoms with van der Waals surface area (Å²) in [4.78, 5) is 21.8. The predicted molar refractivity (Wildman–Crippen MR) is 82.6 cm³/mol. The van der Waals surface area contributed by atoms with Crippen LogP contribution < -0.4 is 0 Å². The molecule has 0 atom stereocenters. The van der Waals surface area contributed by atoms with Crippen LogP contribution in [0.5, 0.6) is 0 Å². The summed E-state index contributed by atoms with van der Waals surface area (Å²) in [6, 6.07) is 16.1. The van der Waals surface area contributed by atoms with E-state index >= 15 is 0 Å². The molecule has 2 aromatic carbocycles. The zero-order valence-corrected chi connectivity index (χ0v) is 11.8. The number of hydrogen-bond acceptors (Lipinski definition) is 4. The largest absolute Gasteiger partial charge is 0.477 e. The number of carbonyl (C=O) groups is 1. The van der Waals surface area contributed by atoms with Crippen molar-refractivity contribution in [3.8, 4) is 16.9 Å². The maximum atomic E-state index is 11.4. The fourth-order valence-corrected chi connectivity index (χ4v) is 2.22. The zero-order valence-electron chi connectivity index (χ0n) is 11.8. The van der Waals surface area contributed by atoms with Crippen LogP contribution >= 0.6 is 0 Å². The fraction of sp³-hybridized carbons (Fsp3) is 0. The van der Waals surface area contributed by atoms with Gasteiger partial charge in [0.15, 0.2) is 5.69 Å². The number of nitrogens with zero attached hydrogens (tertiary/aromatic N) is 3. The second-order valence-corrected chi connectivity index (χ2v) is 4.77. The normalized spacial score (nSPS) is 10.4. The molecule has 0 saturated heterocycles. The van der Waals surface area contributed by atoms with Gasteiger partial charge in [0.05, 0.1) is 16.3 Å². The number of benzene rings is 2. The summed E-state index contributed by atoms with van der Waals surface area (Å²) < 4.78 is 1.30. The van der Waals surface area contributed by atoms with Crippen LogP contribution in [0.2, 0.25) is 0 Å². The Morgan fingerprint density at radius 3 is 2.48 bits per heavy atom. The number of aromatic carboxylic acids is 1. The van der Waals surface area contributed by atoms with Gasteiger partial charge in [0.2, 0.25) is 0 Å². The number of nitro benzene ring substituents is 1. The highest BCUT2D eigenvalue weighted by atomic mass is 16.6. The first-order valence-electron chi connectivity index (χ1n) is 6.70. The molecule has 1 aromatic heterocycles. The molecular formula is C16H11N3O4. The highest BCUT2D eigenvalue weighted by molar-refractivity contribution is 5.88. The zero-order chi connectivity index (χ0) is 16.4. The Balaban J connectivity index is 2.14. The Morgan fingerprint density at radius 1 is 1.09 bits per heavy atom. The first-order chi connectivity index (χ1) is 11.1. The minimum absolute atomic E-state index is 0.0160. The van der Waals surface area contributed by atoms with Crippen molar-refractivity contribution in [2.45, 2.75) is 0 Å². The van der Waals surface area contributed by atoms with Crippen LogP contribution in [-0.4, -0.2) is 25.8 Å². The maximum Gasteiger partial charge on any atom is 0.354 e. The molecule has 0 spiro atoms. The molecule has 0 aliphatic carbocycles. The third-order valence-electron chi connectivity index (χ3n) is 3.28. The first-order valence-corrected chi connectivity index (χ1v) is 6.70. The van der Waals surface area contributed by atoms with Crippen molar-refractivity contribution in [2.75, 3.05) is 0 Å². The molecule has 0 aliphatic rings. The molecule has 3 aromatic rings. The number of carboxylic acids is 1. The number of para-hydroxylation sites is 1. The molecule has 3 rings (SSSR count). The number of aromatic nitrogens is 2. The van der Waals surface area contributed by atoms with Gasteiger partial charge in [0.1, 0.15) is 0 Å². The lowest BCUT2D eigenvalue weighted by atomic mass is 10.1. The van der Waals surface area contributed by atoms with Gasteiger partial charge in [0.25, 0.3) is 5.69 Å². The van der Waals surface area contributed by atoms with Crippen LogP contribution in [0.1, 0.15) is 10.5 Å². The van der Waals surface area contributed by atoms with Gasteiger partial charge in [-0.25, -0.2) is 9.48 Å². The van der Waals surface area contributed by atoms with E-state index in [1.807, 2.05) is 6.07 Å². The summed E-state index contributed by atoms with van der Waals surface area (Å²) >= 11 is 0. The average molecular weight is 309 g/mol. The van der Waals surface area contributed by atoms with Gasteiger partial charge in [-0.2, -0.15) is 5.10 Å². The molecule has 0 bridgehead atoms. The van der Waals surface area contributed by atoms with Crippen molar-refractivity contribution >= 4 is 11.7 Å². The third-order valence-corrected chi connectivity index (χ3v) is 3.28. The van der Waals surface area contributed by atoms with Gasteiger partial charge >= 0.3 is 5.97 Å². The summed E-state index contributed by atoms with van der Waals surface area (Å²) in [5, 5.41) is 24.5. The van der Waals surface area contributed by atoms with E-state index in [1.54, 1.807) is 30.3 Å². The van der Waals surface area contributed by atoms with E-state index in [0.29, 0.717) is 16.9 Å². The molecular weight excluding hydrogens is 298 g/mol. The van der Waals surface area contributed by atoms with Crippen LogP contribution in [0.4, 0.5) is 5.69 Å². The number of hydrogen-bond donors (Lipinski definition) is 1. The lowest BCUT2D eigenvalue weighted by molar-refractivity contribution is -0.384. The second-order valence-electron chi connectivity index (χ2n) is 4.77. The van der Waals surface area contributed by atoms with E-state index in [2.05, 4.69) is 5.10 Å². The van der Waals surface area contributed by atoms with E-state index in [4.69, 9.17) is 0 Å². The number of non-ortho nitro benzene ring substituents is 1. The Morgan fingerprint density at radius 2 is 1.83 bits per heavy atom. The smallest absolute Gasteiger partial charge is 0.354 e. The van der Waals surface area contributed by atoms with Gasteiger partial charge in [-0.15, -0.1) is 0 Å². The molecule has 23 heavy (non-hydrogen) atoms.